The predicted octanol–water partition coefficient (Wildman–Crippen LogP) is 4.89. The lowest BCUT2D eigenvalue weighted by Gasteiger charge is -2.15. The fraction of sp³-hybridized carbons (Fsp3) is 0.276. The summed E-state index contributed by atoms with van der Waals surface area (Å²) in [5.41, 5.74) is 6.47. The molecule has 6 heterocycles. The van der Waals surface area contributed by atoms with Gasteiger partial charge in [-0.2, -0.15) is 5.10 Å². The van der Waals surface area contributed by atoms with Crippen LogP contribution >= 0.6 is 0 Å². The number of rotatable bonds is 7. The summed E-state index contributed by atoms with van der Waals surface area (Å²) in [7, 11) is 1.96. The van der Waals surface area contributed by atoms with Crippen molar-refractivity contribution >= 4 is 22.1 Å². The molecule has 0 bridgehead atoms. The lowest BCUT2D eigenvalue weighted by atomic mass is 10.1. The van der Waals surface area contributed by atoms with Crippen LogP contribution in [0.25, 0.3) is 56.1 Å². The van der Waals surface area contributed by atoms with Gasteiger partial charge in [0.1, 0.15) is 29.5 Å². The van der Waals surface area contributed by atoms with Crippen molar-refractivity contribution in [3.63, 3.8) is 0 Å². The maximum Gasteiger partial charge on any atom is 0.161 e. The third kappa shape index (κ3) is 4.37. The Morgan fingerprint density at radius 2 is 1.88 bits per heavy atom. The third-order valence-electron chi connectivity index (χ3n) is 7.57. The first-order chi connectivity index (χ1) is 19.5. The summed E-state index contributed by atoms with van der Waals surface area (Å²) in [6.45, 7) is 5.49. The van der Waals surface area contributed by atoms with Gasteiger partial charge in [0.25, 0.3) is 0 Å². The largest absolute Gasteiger partial charge is 0.492 e. The van der Waals surface area contributed by atoms with Crippen molar-refractivity contribution in [1.82, 2.24) is 44.6 Å². The monoisotopic (exact) mass is 537 g/mol. The van der Waals surface area contributed by atoms with E-state index >= 15 is 0 Å². The minimum atomic E-state index is -0.373. The molecule has 0 amide bonds. The van der Waals surface area contributed by atoms with Gasteiger partial charge in [-0.15, -0.1) is 0 Å². The molecule has 202 valence electrons. The molecule has 1 aliphatic heterocycles. The van der Waals surface area contributed by atoms with E-state index in [9.17, 15) is 4.39 Å². The summed E-state index contributed by atoms with van der Waals surface area (Å²) in [4.78, 5) is 24.2. The Hall–Kier alpha value is -4.64. The molecular weight excluding hydrogens is 509 g/mol. The van der Waals surface area contributed by atoms with Crippen molar-refractivity contribution in [2.45, 2.75) is 19.8 Å². The first-order valence-corrected chi connectivity index (χ1v) is 13.4. The summed E-state index contributed by atoms with van der Waals surface area (Å²) >= 11 is 0. The Bertz CT molecular complexity index is 1850. The average Bonchev–Trinajstić information content (AvgIpc) is 3.75. The van der Waals surface area contributed by atoms with Crippen molar-refractivity contribution in [3.8, 4) is 39.8 Å². The van der Waals surface area contributed by atoms with E-state index in [1.165, 1.54) is 25.0 Å². The van der Waals surface area contributed by atoms with E-state index in [4.69, 9.17) is 14.7 Å². The van der Waals surface area contributed by atoms with Gasteiger partial charge in [-0.25, -0.2) is 19.3 Å². The molecule has 6 aromatic rings. The molecule has 2 N–H and O–H groups in total. The number of hydrogen-bond donors (Lipinski definition) is 2. The van der Waals surface area contributed by atoms with Crippen LogP contribution in [-0.2, 0) is 7.05 Å². The van der Waals surface area contributed by atoms with Crippen LogP contribution in [0.1, 0.15) is 18.7 Å². The van der Waals surface area contributed by atoms with E-state index in [0.29, 0.717) is 51.6 Å². The smallest absolute Gasteiger partial charge is 0.161 e. The van der Waals surface area contributed by atoms with Crippen molar-refractivity contribution in [1.29, 1.82) is 0 Å². The van der Waals surface area contributed by atoms with E-state index in [1.54, 1.807) is 12.4 Å². The summed E-state index contributed by atoms with van der Waals surface area (Å²) in [6.07, 6.45) is 7.66. The highest BCUT2D eigenvalue weighted by molar-refractivity contribution is 5.95. The molecule has 1 aliphatic rings. The van der Waals surface area contributed by atoms with Gasteiger partial charge in [0.2, 0.25) is 0 Å². The number of fused-ring (bicyclic) bond motifs is 2. The molecule has 0 atom stereocenters. The standard InChI is InChI=1S/C29H28FN9O/c1-17-32-16-25(38(17)2)22-5-6-23-27(33-22)28(37-36-23)29-34-24-15-31-14-21(26(24)35-29)18-11-19(30)13-20(12-18)40-10-9-39-7-3-4-8-39/h5-6,11-16H,3-4,7-10H2,1-2H3,(H,34,35)(H,36,37). The van der Waals surface area contributed by atoms with Crippen molar-refractivity contribution < 1.29 is 9.13 Å². The van der Waals surface area contributed by atoms with Crippen LogP contribution < -0.4 is 4.74 Å². The number of imidazole rings is 2. The Morgan fingerprint density at radius 3 is 2.70 bits per heavy atom. The van der Waals surface area contributed by atoms with E-state index in [1.807, 2.05) is 42.9 Å². The summed E-state index contributed by atoms with van der Waals surface area (Å²) in [5.74, 6) is 1.56. The summed E-state index contributed by atoms with van der Waals surface area (Å²) in [5, 5.41) is 7.56. The topological polar surface area (TPSA) is 113 Å². The molecule has 1 saturated heterocycles. The molecule has 11 heteroatoms. The number of ether oxygens (including phenoxy) is 1. The van der Waals surface area contributed by atoms with Gasteiger partial charge in [0.15, 0.2) is 11.5 Å². The summed E-state index contributed by atoms with van der Waals surface area (Å²) < 4.78 is 22.6. The number of H-pyrrole nitrogens is 2. The normalized spacial score (nSPS) is 14.1. The van der Waals surface area contributed by atoms with Crippen LogP contribution in [0.5, 0.6) is 5.75 Å². The quantitative estimate of drug-likeness (QED) is 0.298. The Kier molecular flexibility index (Phi) is 6.00. The number of aromatic amines is 2. The molecule has 40 heavy (non-hydrogen) atoms. The number of halogens is 1. The first-order valence-electron chi connectivity index (χ1n) is 13.4. The maximum absolute atomic E-state index is 14.7. The second kappa shape index (κ2) is 9.83. The zero-order valence-electron chi connectivity index (χ0n) is 22.3. The number of aromatic nitrogens is 8. The molecule has 0 radical (unpaired) electrons. The fourth-order valence-corrected chi connectivity index (χ4v) is 5.30. The van der Waals surface area contributed by atoms with Crippen LogP contribution in [0.2, 0.25) is 0 Å². The number of nitrogens with zero attached hydrogens (tertiary/aromatic N) is 7. The highest BCUT2D eigenvalue weighted by atomic mass is 19.1. The van der Waals surface area contributed by atoms with Crippen molar-refractivity contribution in [2.75, 3.05) is 26.2 Å². The Balaban J connectivity index is 1.23. The van der Waals surface area contributed by atoms with Gasteiger partial charge in [0, 0.05) is 31.4 Å². The SMILES string of the molecule is Cc1ncc(-c2ccc3[nH]nc(-c4nc5c(-c6cc(F)cc(OCCN7CCCC7)c6)cncc5[nH]4)c3n2)n1C. The third-order valence-corrected chi connectivity index (χ3v) is 7.57. The Morgan fingerprint density at radius 1 is 1.00 bits per heavy atom. The molecule has 0 saturated carbocycles. The molecule has 1 fully saturated rings. The second-order valence-corrected chi connectivity index (χ2v) is 10.2. The summed E-state index contributed by atoms with van der Waals surface area (Å²) in [6, 6.07) is 8.62. The van der Waals surface area contributed by atoms with Crippen LogP contribution in [0.15, 0.2) is 48.9 Å². The van der Waals surface area contributed by atoms with Gasteiger partial charge in [-0.05, 0) is 62.7 Å². The fourth-order valence-electron chi connectivity index (χ4n) is 5.30. The van der Waals surface area contributed by atoms with Gasteiger partial charge in [-0.1, -0.05) is 0 Å². The van der Waals surface area contributed by atoms with Gasteiger partial charge in [-0.3, -0.25) is 15.0 Å². The van der Waals surface area contributed by atoms with Crippen LogP contribution in [0.3, 0.4) is 0 Å². The second-order valence-electron chi connectivity index (χ2n) is 10.2. The van der Waals surface area contributed by atoms with Crippen LogP contribution in [-0.4, -0.2) is 70.8 Å². The Labute approximate surface area is 229 Å². The zero-order valence-corrected chi connectivity index (χ0v) is 22.3. The first kappa shape index (κ1) is 24.4. The van der Waals surface area contributed by atoms with Crippen LogP contribution in [0, 0.1) is 12.7 Å². The molecule has 10 nitrogen and oxygen atoms in total. The highest BCUT2D eigenvalue weighted by Crippen LogP contribution is 2.33. The van der Waals surface area contributed by atoms with E-state index in [2.05, 4.69) is 30.0 Å². The number of aryl methyl sites for hydroxylation is 1. The molecule has 7 rings (SSSR count). The van der Waals surface area contributed by atoms with E-state index in [0.717, 1.165) is 42.4 Å². The number of benzene rings is 1. The minimum absolute atomic E-state index is 0.373. The highest BCUT2D eigenvalue weighted by Gasteiger charge is 2.19. The molecule has 0 aliphatic carbocycles. The van der Waals surface area contributed by atoms with Crippen LogP contribution in [0.4, 0.5) is 4.39 Å². The predicted molar refractivity (Wildman–Crippen MR) is 150 cm³/mol. The minimum Gasteiger partial charge on any atom is -0.492 e. The van der Waals surface area contributed by atoms with Gasteiger partial charge < -0.3 is 14.3 Å². The lowest BCUT2D eigenvalue weighted by Crippen LogP contribution is -2.25. The molecular formula is C29H28FN9O. The average molecular weight is 538 g/mol. The number of nitrogens with one attached hydrogen (secondary N) is 2. The molecule has 5 aromatic heterocycles. The number of likely N-dealkylation sites (tertiary alicyclic amines) is 1. The molecule has 0 spiro atoms. The molecule has 1 aromatic carbocycles. The van der Waals surface area contributed by atoms with Gasteiger partial charge in [0.05, 0.1) is 40.3 Å². The van der Waals surface area contributed by atoms with Crippen molar-refractivity contribution in [2.24, 2.45) is 7.05 Å². The van der Waals surface area contributed by atoms with Crippen molar-refractivity contribution in [3.05, 3.63) is 60.6 Å². The van der Waals surface area contributed by atoms with E-state index < -0.39 is 0 Å². The maximum atomic E-state index is 14.7. The lowest BCUT2D eigenvalue weighted by molar-refractivity contribution is 0.237. The zero-order chi connectivity index (χ0) is 27.2. The number of pyridine rings is 2. The molecule has 0 unspecified atom stereocenters. The van der Waals surface area contributed by atoms with Gasteiger partial charge >= 0.3 is 0 Å². The number of hydrogen-bond acceptors (Lipinski definition) is 7. The van der Waals surface area contributed by atoms with E-state index in [-0.39, 0.29) is 5.82 Å².